The van der Waals surface area contributed by atoms with Gasteiger partial charge in [-0.2, -0.15) is 0 Å². The van der Waals surface area contributed by atoms with E-state index in [4.69, 9.17) is 9.47 Å². The van der Waals surface area contributed by atoms with Crippen molar-refractivity contribution >= 4 is 28.5 Å². The van der Waals surface area contributed by atoms with E-state index < -0.39 is 0 Å². The number of hydrogen-bond donors (Lipinski definition) is 0. The molecule has 1 aromatic carbocycles. The number of ether oxygens (including phenoxy) is 2. The van der Waals surface area contributed by atoms with Crippen molar-refractivity contribution in [3.05, 3.63) is 32.9 Å². The molecule has 0 bridgehead atoms. The van der Waals surface area contributed by atoms with Crippen LogP contribution in [0.5, 0.6) is 0 Å². The fourth-order valence-corrected chi connectivity index (χ4v) is 3.64. The van der Waals surface area contributed by atoms with Crippen LogP contribution in [0.4, 0.5) is 0 Å². The van der Waals surface area contributed by atoms with Gasteiger partial charge in [0.15, 0.2) is 6.29 Å². The molecular formula is C16H20INO3. The van der Waals surface area contributed by atoms with E-state index in [9.17, 15) is 4.79 Å². The standard InChI is InChI=1S/C16H20INO3/c1-11-4-2-6-13(14(11)17)15(19)18-7-3-5-12(10-18)16-20-8-9-21-16/h2,4,6,12,16H,3,5,7-10H2,1H3. The molecule has 1 unspecified atom stereocenters. The van der Waals surface area contributed by atoms with Crippen LogP contribution in [0.25, 0.3) is 0 Å². The molecule has 4 nitrogen and oxygen atoms in total. The lowest BCUT2D eigenvalue weighted by molar-refractivity contribution is -0.0969. The van der Waals surface area contributed by atoms with Crippen molar-refractivity contribution in [1.29, 1.82) is 0 Å². The molecule has 0 aromatic heterocycles. The second kappa shape index (κ2) is 6.62. The molecule has 2 heterocycles. The van der Waals surface area contributed by atoms with Gasteiger partial charge in [-0.25, -0.2) is 0 Å². The molecule has 1 amide bonds. The van der Waals surface area contributed by atoms with Crippen molar-refractivity contribution < 1.29 is 14.3 Å². The summed E-state index contributed by atoms with van der Waals surface area (Å²) in [5.41, 5.74) is 1.96. The van der Waals surface area contributed by atoms with Crippen molar-refractivity contribution in [2.45, 2.75) is 26.1 Å². The van der Waals surface area contributed by atoms with Gasteiger partial charge in [-0.3, -0.25) is 4.79 Å². The first-order chi connectivity index (χ1) is 10.2. The molecular weight excluding hydrogens is 381 g/mol. The van der Waals surface area contributed by atoms with Gasteiger partial charge in [0.05, 0.1) is 18.8 Å². The first-order valence-electron chi connectivity index (χ1n) is 7.44. The zero-order chi connectivity index (χ0) is 14.8. The van der Waals surface area contributed by atoms with Crippen LogP contribution in [-0.4, -0.2) is 43.4 Å². The first kappa shape index (κ1) is 15.2. The topological polar surface area (TPSA) is 38.8 Å². The highest BCUT2D eigenvalue weighted by molar-refractivity contribution is 14.1. The van der Waals surface area contributed by atoms with Crippen molar-refractivity contribution in [2.75, 3.05) is 26.3 Å². The number of likely N-dealkylation sites (tertiary alicyclic amines) is 1. The lowest BCUT2D eigenvalue weighted by Crippen LogP contribution is -2.44. The van der Waals surface area contributed by atoms with Crippen molar-refractivity contribution in [1.82, 2.24) is 4.90 Å². The lowest BCUT2D eigenvalue weighted by Gasteiger charge is -2.35. The van der Waals surface area contributed by atoms with Crippen LogP contribution in [0.15, 0.2) is 18.2 Å². The van der Waals surface area contributed by atoms with E-state index in [2.05, 4.69) is 22.6 Å². The van der Waals surface area contributed by atoms with Gasteiger partial charge < -0.3 is 14.4 Å². The Hall–Kier alpha value is -0.660. The number of hydrogen-bond acceptors (Lipinski definition) is 3. The molecule has 0 radical (unpaired) electrons. The normalized spacial score (nSPS) is 23.5. The summed E-state index contributed by atoms with van der Waals surface area (Å²) in [6.07, 6.45) is 1.96. The summed E-state index contributed by atoms with van der Waals surface area (Å²) in [5, 5.41) is 0. The number of benzene rings is 1. The largest absolute Gasteiger partial charge is 0.350 e. The molecule has 2 fully saturated rings. The maximum atomic E-state index is 12.8. The van der Waals surface area contributed by atoms with Crippen LogP contribution in [0.1, 0.15) is 28.8 Å². The number of amides is 1. The Morgan fingerprint density at radius 3 is 2.86 bits per heavy atom. The molecule has 21 heavy (non-hydrogen) atoms. The summed E-state index contributed by atoms with van der Waals surface area (Å²) in [6, 6.07) is 5.91. The van der Waals surface area contributed by atoms with Crippen LogP contribution in [0, 0.1) is 16.4 Å². The Bertz CT molecular complexity index is 528. The Labute approximate surface area is 138 Å². The molecule has 2 saturated heterocycles. The average Bonchev–Trinajstić information content (AvgIpc) is 3.04. The number of aryl methyl sites for hydroxylation is 1. The smallest absolute Gasteiger partial charge is 0.254 e. The zero-order valence-corrected chi connectivity index (χ0v) is 14.3. The number of carbonyl (C=O) groups excluding carboxylic acids is 1. The van der Waals surface area contributed by atoms with Crippen LogP contribution in [0.3, 0.4) is 0 Å². The summed E-state index contributed by atoms with van der Waals surface area (Å²) >= 11 is 2.26. The molecule has 2 aliphatic heterocycles. The van der Waals surface area contributed by atoms with Crippen molar-refractivity contribution in [2.24, 2.45) is 5.92 Å². The molecule has 0 N–H and O–H groups in total. The average molecular weight is 401 g/mol. The van der Waals surface area contributed by atoms with E-state index in [0.29, 0.717) is 19.1 Å². The molecule has 0 spiro atoms. The van der Waals surface area contributed by atoms with E-state index in [-0.39, 0.29) is 12.2 Å². The van der Waals surface area contributed by atoms with E-state index >= 15 is 0 Å². The van der Waals surface area contributed by atoms with E-state index in [1.54, 1.807) is 0 Å². The number of carbonyl (C=O) groups is 1. The van der Waals surface area contributed by atoms with Gasteiger partial charge in [0, 0.05) is 22.6 Å². The third-order valence-corrected chi connectivity index (χ3v) is 5.63. The minimum Gasteiger partial charge on any atom is -0.350 e. The summed E-state index contributed by atoms with van der Waals surface area (Å²) in [4.78, 5) is 14.7. The zero-order valence-electron chi connectivity index (χ0n) is 12.2. The van der Waals surface area contributed by atoms with Gasteiger partial charge in [0.1, 0.15) is 0 Å². The predicted octanol–water partition coefficient (Wildman–Crippen LogP) is 2.82. The van der Waals surface area contributed by atoms with Crippen LogP contribution in [-0.2, 0) is 9.47 Å². The molecule has 114 valence electrons. The van der Waals surface area contributed by atoms with E-state index in [1.165, 1.54) is 0 Å². The van der Waals surface area contributed by atoms with Gasteiger partial charge in [-0.15, -0.1) is 0 Å². The Morgan fingerprint density at radius 1 is 1.33 bits per heavy atom. The van der Waals surface area contributed by atoms with E-state index in [0.717, 1.165) is 40.6 Å². The highest BCUT2D eigenvalue weighted by Gasteiger charge is 2.33. The molecule has 0 saturated carbocycles. The molecule has 2 aliphatic rings. The van der Waals surface area contributed by atoms with Crippen LogP contribution >= 0.6 is 22.6 Å². The summed E-state index contributed by atoms with van der Waals surface area (Å²) < 4.78 is 12.3. The third-order valence-electron chi connectivity index (χ3n) is 4.20. The quantitative estimate of drug-likeness (QED) is 0.716. The molecule has 0 aliphatic carbocycles. The fourth-order valence-electron chi connectivity index (χ4n) is 3.05. The van der Waals surface area contributed by atoms with Crippen molar-refractivity contribution in [3.8, 4) is 0 Å². The van der Waals surface area contributed by atoms with Crippen molar-refractivity contribution in [3.63, 3.8) is 0 Å². The monoisotopic (exact) mass is 401 g/mol. The van der Waals surface area contributed by atoms with Gasteiger partial charge in [0.2, 0.25) is 0 Å². The third kappa shape index (κ3) is 3.24. The van der Waals surface area contributed by atoms with Gasteiger partial charge in [-0.05, 0) is 54.0 Å². The fraction of sp³-hybridized carbons (Fsp3) is 0.562. The minimum absolute atomic E-state index is 0.128. The molecule has 1 aromatic rings. The first-order valence-corrected chi connectivity index (χ1v) is 8.52. The van der Waals surface area contributed by atoms with Gasteiger partial charge in [0.25, 0.3) is 5.91 Å². The SMILES string of the molecule is Cc1cccc(C(=O)N2CCCC(C3OCCO3)C2)c1I. The highest BCUT2D eigenvalue weighted by atomic mass is 127. The number of halogens is 1. The van der Waals surface area contributed by atoms with Gasteiger partial charge >= 0.3 is 0 Å². The second-order valence-corrected chi connectivity index (χ2v) is 6.78. The Kier molecular flexibility index (Phi) is 4.81. The highest BCUT2D eigenvalue weighted by Crippen LogP contribution is 2.27. The van der Waals surface area contributed by atoms with Crippen LogP contribution in [0.2, 0.25) is 0 Å². The predicted molar refractivity (Wildman–Crippen MR) is 88.2 cm³/mol. The number of rotatable bonds is 2. The molecule has 1 atom stereocenters. The number of piperidine rings is 1. The summed E-state index contributed by atoms with van der Waals surface area (Å²) in [7, 11) is 0. The van der Waals surface area contributed by atoms with Crippen LogP contribution < -0.4 is 0 Å². The minimum atomic E-state index is -0.128. The lowest BCUT2D eigenvalue weighted by atomic mass is 9.96. The second-order valence-electron chi connectivity index (χ2n) is 5.70. The maximum Gasteiger partial charge on any atom is 0.254 e. The summed E-state index contributed by atoms with van der Waals surface area (Å²) in [6.45, 7) is 4.94. The Balaban J connectivity index is 1.73. The molecule has 3 rings (SSSR count). The van der Waals surface area contributed by atoms with E-state index in [1.807, 2.05) is 30.0 Å². The van der Waals surface area contributed by atoms with Gasteiger partial charge in [-0.1, -0.05) is 12.1 Å². The number of nitrogens with zero attached hydrogens (tertiary/aromatic N) is 1. The molecule has 5 heteroatoms. The maximum absolute atomic E-state index is 12.8. The Morgan fingerprint density at radius 2 is 2.10 bits per heavy atom. The summed E-state index contributed by atoms with van der Waals surface area (Å²) in [5.74, 6) is 0.429.